The van der Waals surface area contributed by atoms with Crippen LogP contribution < -0.4 is 0 Å². The van der Waals surface area contributed by atoms with Crippen LogP contribution in [0.15, 0.2) is 30.9 Å². The topological polar surface area (TPSA) is 72.8 Å². The van der Waals surface area contributed by atoms with Gasteiger partial charge in [-0.1, -0.05) is 26.7 Å². The van der Waals surface area contributed by atoms with Crippen LogP contribution in [0.4, 0.5) is 0 Å². The molecule has 3 heterocycles. The van der Waals surface area contributed by atoms with E-state index in [-0.39, 0.29) is 5.97 Å². The minimum atomic E-state index is -0.331. The average molecular weight is 380 g/mol. The van der Waals surface area contributed by atoms with Gasteiger partial charge < -0.3 is 9.72 Å². The van der Waals surface area contributed by atoms with Crippen molar-refractivity contribution < 1.29 is 9.53 Å². The van der Waals surface area contributed by atoms with Gasteiger partial charge in [-0.15, -0.1) is 0 Å². The Hall–Kier alpha value is -2.63. The lowest BCUT2D eigenvalue weighted by Gasteiger charge is -2.22. The number of carbonyl (C=O) groups is 1. The second kappa shape index (κ2) is 8.17. The van der Waals surface area contributed by atoms with Crippen LogP contribution in [0, 0.1) is 5.92 Å². The minimum Gasteiger partial charge on any atom is -0.462 e. The van der Waals surface area contributed by atoms with Gasteiger partial charge in [0.15, 0.2) is 0 Å². The number of pyridine rings is 1. The third kappa shape index (κ3) is 3.43. The van der Waals surface area contributed by atoms with Crippen molar-refractivity contribution in [3.05, 3.63) is 36.4 Å². The normalized spacial score (nSPS) is 15.9. The van der Waals surface area contributed by atoms with E-state index >= 15 is 0 Å². The molecule has 1 saturated carbocycles. The van der Waals surface area contributed by atoms with Crippen LogP contribution in [0.3, 0.4) is 0 Å². The SMILES string of the molecule is CCCOC(=O)c1cnc2[nH]ccc2c1-c1cnn(C(CC)C2CCCC2)c1. The molecule has 1 N–H and O–H groups in total. The van der Waals surface area contributed by atoms with Gasteiger partial charge in [0.05, 0.1) is 24.4 Å². The number of hydrogen-bond donors (Lipinski definition) is 1. The lowest BCUT2D eigenvalue weighted by Crippen LogP contribution is -2.17. The van der Waals surface area contributed by atoms with Crippen LogP contribution in [0.1, 0.15) is 68.8 Å². The van der Waals surface area contributed by atoms with Gasteiger partial charge in [-0.3, -0.25) is 4.68 Å². The van der Waals surface area contributed by atoms with E-state index in [0.29, 0.717) is 24.1 Å². The van der Waals surface area contributed by atoms with E-state index < -0.39 is 0 Å². The Morgan fingerprint density at radius 2 is 2.14 bits per heavy atom. The molecule has 0 spiro atoms. The van der Waals surface area contributed by atoms with E-state index in [2.05, 4.69) is 27.8 Å². The molecule has 0 bridgehead atoms. The molecule has 0 saturated heterocycles. The first kappa shape index (κ1) is 18.7. The smallest absolute Gasteiger partial charge is 0.340 e. The summed E-state index contributed by atoms with van der Waals surface area (Å²) in [5.41, 5.74) is 3.04. The van der Waals surface area contributed by atoms with E-state index in [1.807, 2.05) is 25.4 Å². The van der Waals surface area contributed by atoms with Gasteiger partial charge in [0.2, 0.25) is 0 Å². The maximum absolute atomic E-state index is 12.7. The number of esters is 1. The van der Waals surface area contributed by atoms with Gasteiger partial charge >= 0.3 is 5.97 Å². The number of aromatic nitrogens is 4. The van der Waals surface area contributed by atoms with Gasteiger partial charge in [0, 0.05) is 35.1 Å². The number of nitrogens with one attached hydrogen (secondary N) is 1. The molecule has 28 heavy (non-hydrogen) atoms. The highest BCUT2D eigenvalue weighted by Crippen LogP contribution is 2.37. The highest BCUT2D eigenvalue weighted by molar-refractivity contribution is 6.06. The number of H-pyrrole nitrogens is 1. The Kier molecular flexibility index (Phi) is 5.46. The lowest BCUT2D eigenvalue weighted by atomic mass is 9.96. The molecule has 1 aliphatic rings. The zero-order valence-corrected chi connectivity index (χ0v) is 16.6. The van der Waals surface area contributed by atoms with Crippen LogP contribution in [0.25, 0.3) is 22.2 Å². The maximum Gasteiger partial charge on any atom is 0.340 e. The van der Waals surface area contributed by atoms with Crippen molar-refractivity contribution in [3.63, 3.8) is 0 Å². The van der Waals surface area contributed by atoms with Crippen molar-refractivity contribution in [3.8, 4) is 11.1 Å². The first-order valence-corrected chi connectivity index (χ1v) is 10.4. The Bertz CT molecular complexity index is 953. The molecule has 6 heteroatoms. The zero-order valence-electron chi connectivity index (χ0n) is 16.6. The molecule has 1 atom stereocenters. The van der Waals surface area contributed by atoms with Gasteiger partial charge in [-0.2, -0.15) is 5.10 Å². The quantitative estimate of drug-likeness (QED) is 0.576. The molecular formula is C22H28N4O2. The minimum absolute atomic E-state index is 0.331. The second-order valence-electron chi connectivity index (χ2n) is 7.65. The molecule has 1 aliphatic carbocycles. The number of fused-ring (bicyclic) bond motifs is 1. The van der Waals surface area contributed by atoms with Crippen LogP contribution in [-0.2, 0) is 4.74 Å². The Morgan fingerprint density at radius 3 is 2.89 bits per heavy atom. The van der Waals surface area contributed by atoms with Gasteiger partial charge in [-0.05, 0) is 37.7 Å². The highest BCUT2D eigenvalue weighted by atomic mass is 16.5. The third-order valence-electron chi connectivity index (χ3n) is 5.84. The number of hydrogen-bond acceptors (Lipinski definition) is 4. The van der Waals surface area contributed by atoms with Crippen molar-refractivity contribution in [2.24, 2.45) is 5.92 Å². The fourth-order valence-corrected chi connectivity index (χ4v) is 4.47. The summed E-state index contributed by atoms with van der Waals surface area (Å²) in [7, 11) is 0. The van der Waals surface area contributed by atoms with Gasteiger partial charge in [0.1, 0.15) is 5.65 Å². The van der Waals surface area contributed by atoms with E-state index in [9.17, 15) is 4.79 Å². The maximum atomic E-state index is 12.7. The molecule has 0 amide bonds. The molecule has 3 aromatic rings. The van der Waals surface area contributed by atoms with Crippen molar-refractivity contribution in [2.45, 2.75) is 58.4 Å². The molecule has 0 aliphatic heterocycles. The summed E-state index contributed by atoms with van der Waals surface area (Å²) >= 11 is 0. The van der Waals surface area contributed by atoms with Gasteiger partial charge in [-0.25, -0.2) is 9.78 Å². The number of rotatable bonds is 7. The Balaban J connectivity index is 1.75. The van der Waals surface area contributed by atoms with Crippen LogP contribution in [0.5, 0.6) is 0 Å². The number of carbonyl (C=O) groups excluding carboxylic acids is 1. The molecular weight excluding hydrogens is 352 g/mol. The van der Waals surface area contributed by atoms with Crippen molar-refractivity contribution in [2.75, 3.05) is 6.61 Å². The summed E-state index contributed by atoms with van der Waals surface area (Å²) in [6.07, 6.45) is 14.5. The van der Waals surface area contributed by atoms with Crippen molar-refractivity contribution in [1.29, 1.82) is 0 Å². The Morgan fingerprint density at radius 1 is 1.32 bits per heavy atom. The molecule has 3 aromatic heterocycles. The first-order chi connectivity index (χ1) is 13.7. The second-order valence-corrected chi connectivity index (χ2v) is 7.65. The van der Waals surface area contributed by atoms with Crippen LogP contribution in [0.2, 0.25) is 0 Å². The van der Waals surface area contributed by atoms with E-state index in [4.69, 9.17) is 9.84 Å². The number of nitrogens with zero attached hydrogens (tertiary/aromatic N) is 3. The summed E-state index contributed by atoms with van der Waals surface area (Å²) in [5, 5.41) is 5.61. The predicted molar refractivity (Wildman–Crippen MR) is 109 cm³/mol. The van der Waals surface area contributed by atoms with Crippen molar-refractivity contribution >= 4 is 17.0 Å². The lowest BCUT2D eigenvalue weighted by molar-refractivity contribution is 0.0506. The molecule has 1 fully saturated rings. The average Bonchev–Trinajstić information content (AvgIpc) is 3.47. The van der Waals surface area contributed by atoms with Crippen molar-refractivity contribution in [1.82, 2.24) is 19.7 Å². The summed E-state index contributed by atoms with van der Waals surface area (Å²) < 4.78 is 7.51. The van der Waals surface area contributed by atoms with Crippen LogP contribution >= 0.6 is 0 Å². The molecule has 6 nitrogen and oxygen atoms in total. The Labute approximate surface area is 165 Å². The monoisotopic (exact) mass is 380 g/mol. The summed E-state index contributed by atoms with van der Waals surface area (Å²) in [4.78, 5) is 20.2. The highest BCUT2D eigenvalue weighted by Gasteiger charge is 2.27. The first-order valence-electron chi connectivity index (χ1n) is 10.4. The summed E-state index contributed by atoms with van der Waals surface area (Å²) in [6, 6.07) is 2.37. The van der Waals surface area contributed by atoms with E-state index in [0.717, 1.165) is 35.0 Å². The van der Waals surface area contributed by atoms with Gasteiger partial charge in [0.25, 0.3) is 0 Å². The largest absolute Gasteiger partial charge is 0.462 e. The van der Waals surface area contributed by atoms with Crippen LogP contribution in [-0.4, -0.2) is 32.3 Å². The fourth-order valence-electron chi connectivity index (χ4n) is 4.47. The molecule has 1 unspecified atom stereocenters. The fraction of sp³-hybridized carbons (Fsp3) is 0.500. The summed E-state index contributed by atoms with van der Waals surface area (Å²) in [5.74, 6) is 0.361. The standard InChI is InChI=1S/C22H28N4O2/c1-3-11-28-22(27)18-13-24-21-17(9-10-23-21)20(18)16-12-25-26(14-16)19(4-2)15-7-5-6-8-15/h9-10,12-15,19H,3-8,11H2,1-2H3,(H,23,24). The molecule has 0 aromatic carbocycles. The molecule has 0 radical (unpaired) electrons. The zero-order chi connectivity index (χ0) is 19.5. The number of ether oxygens (including phenoxy) is 1. The molecule has 4 rings (SSSR count). The van der Waals surface area contributed by atoms with E-state index in [1.165, 1.54) is 25.7 Å². The summed E-state index contributed by atoms with van der Waals surface area (Å²) in [6.45, 7) is 4.62. The predicted octanol–water partition coefficient (Wildman–Crippen LogP) is 5.13. The molecule has 148 valence electrons. The third-order valence-corrected chi connectivity index (χ3v) is 5.84. The van der Waals surface area contributed by atoms with E-state index in [1.54, 1.807) is 6.20 Å². The number of aromatic amines is 1.